The van der Waals surface area contributed by atoms with Crippen molar-refractivity contribution in [1.82, 2.24) is 20.1 Å². The van der Waals surface area contributed by atoms with Gasteiger partial charge in [0.2, 0.25) is 23.6 Å². The van der Waals surface area contributed by atoms with E-state index < -0.39 is 23.9 Å². The molecule has 122 valence electrons. The van der Waals surface area contributed by atoms with Crippen LogP contribution >= 0.6 is 0 Å². The van der Waals surface area contributed by atoms with Crippen LogP contribution < -0.4 is 5.32 Å². The van der Waals surface area contributed by atoms with Gasteiger partial charge in [-0.15, -0.1) is 5.10 Å². The highest BCUT2D eigenvalue weighted by Gasteiger charge is 2.35. The smallest absolute Gasteiger partial charge is 0.333 e. The second-order valence-electron chi connectivity index (χ2n) is 5.03. The highest BCUT2D eigenvalue weighted by molar-refractivity contribution is 5.93. The molecule has 0 atom stereocenters. The van der Waals surface area contributed by atoms with E-state index in [9.17, 15) is 22.8 Å². The Morgan fingerprint density at radius 2 is 2.00 bits per heavy atom. The molecule has 7 nitrogen and oxygen atoms in total. The van der Waals surface area contributed by atoms with Crippen LogP contribution in [0.5, 0.6) is 0 Å². The van der Waals surface area contributed by atoms with E-state index in [2.05, 4.69) is 15.4 Å². The molecule has 0 bridgehead atoms. The number of aromatic amines is 1. The largest absolute Gasteiger partial charge is 0.451 e. The Bertz CT molecular complexity index is 543. The number of rotatable bonds is 3. The molecule has 2 N–H and O–H groups in total. The number of likely N-dealkylation sites (tertiary alicyclic amines) is 1. The van der Waals surface area contributed by atoms with E-state index in [0.717, 1.165) is 25.7 Å². The van der Waals surface area contributed by atoms with Gasteiger partial charge in [-0.25, -0.2) is 0 Å². The zero-order chi connectivity index (χ0) is 16.2. The summed E-state index contributed by atoms with van der Waals surface area (Å²) in [4.78, 5) is 28.2. The standard InChI is InChI=1S/C12H16F3N5O2/c13-12(14,15)10-17-11(19-18-10)16-8(21)7-20-6-4-2-1-3-5-9(20)22/h1-7H2,(H2,16,17,18,19,21). The van der Waals surface area contributed by atoms with Crippen molar-refractivity contribution in [1.29, 1.82) is 0 Å². The number of nitrogens with one attached hydrogen (secondary N) is 2. The summed E-state index contributed by atoms with van der Waals surface area (Å²) in [5.74, 6) is -2.50. The maximum absolute atomic E-state index is 12.3. The third-order valence-corrected chi connectivity index (χ3v) is 3.26. The van der Waals surface area contributed by atoms with Crippen LogP contribution in [0.1, 0.15) is 37.9 Å². The summed E-state index contributed by atoms with van der Waals surface area (Å²) in [6.45, 7) is 0.253. The van der Waals surface area contributed by atoms with Crippen LogP contribution in [0.4, 0.5) is 19.1 Å². The summed E-state index contributed by atoms with van der Waals surface area (Å²) in [6.07, 6.45) is -0.712. The Balaban J connectivity index is 1.91. The number of hydrogen-bond acceptors (Lipinski definition) is 4. The number of carbonyl (C=O) groups is 2. The summed E-state index contributed by atoms with van der Waals surface area (Å²) in [5.41, 5.74) is 0. The average molecular weight is 319 g/mol. The van der Waals surface area contributed by atoms with Gasteiger partial charge in [-0.1, -0.05) is 12.8 Å². The lowest BCUT2D eigenvalue weighted by atomic mass is 10.1. The third-order valence-electron chi connectivity index (χ3n) is 3.26. The highest BCUT2D eigenvalue weighted by atomic mass is 19.4. The molecule has 0 radical (unpaired) electrons. The van der Waals surface area contributed by atoms with Crippen molar-refractivity contribution in [2.45, 2.75) is 38.3 Å². The van der Waals surface area contributed by atoms with Crippen molar-refractivity contribution in [3.8, 4) is 0 Å². The fraction of sp³-hybridized carbons (Fsp3) is 0.667. The van der Waals surface area contributed by atoms with E-state index in [0.29, 0.717) is 13.0 Å². The number of hydrogen-bond donors (Lipinski definition) is 2. The van der Waals surface area contributed by atoms with Crippen molar-refractivity contribution in [3.63, 3.8) is 0 Å². The molecule has 1 fully saturated rings. The molecule has 1 aliphatic rings. The molecule has 0 unspecified atom stereocenters. The minimum atomic E-state index is -4.66. The molecular weight excluding hydrogens is 303 g/mol. The van der Waals surface area contributed by atoms with Crippen molar-refractivity contribution >= 4 is 17.8 Å². The van der Waals surface area contributed by atoms with E-state index in [4.69, 9.17) is 0 Å². The normalized spacial score (nSPS) is 17.0. The van der Waals surface area contributed by atoms with Gasteiger partial charge in [-0.05, 0) is 12.8 Å². The van der Waals surface area contributed by atoms with Gasteiger partial charge < -0.3 is 4.90 Å². The maximum atomic E-state index is 12.3. The van der Waals surface area contributed by atoms with Crippen LogP contribution in [-0.4, -0.2) is 45.0 Å². The maximum Gasteiger partial charge on any atom is 0.451 e. The van der Waals surface area contributed by atoms with Gasteiger partial charge in [-0.2, -0.15) is 18.2 Å². The second-order valence-corrected chi connectivity index (χ2v) is 5.03. The fourth-order valence-electron chi connectivity index (χ4n) is 2.16. The van der Waals surface area contributed by atoms with Crippen LogP contribution in [0.2, 0.25) is 0 Å². The number of carbonyl (C=O) groups excluding carboxylic acids is 2. The lowest BCUT2D eigenvalue weighted by Gasteiger charge is -2.23. The van der Waals surface area contributed by atoms with Crippen LogP contribution in [0, 0.1) is 0 Å². The summed E-state index contributed by atoms with van der Waals surface area (Å²) in [6, 6.07) is 0. The van der Waals surface area contributed by atoms with Gasteiger partial charge in [0.25, 0.3) is 0 Å². The lowest BCUT2D eigenvalue weighted by Crippen LogP contribution is -2.39. The van der Waals surface area contributed by atoms with Crippen molar-refractivity contribution in [2.24, 2.45) is 0 Å². The van der Waals surface area contributed by atoms with Gasteiger partial charge in [0.1, 0.15) is 0 Å². The number of nitrogens with zero attached hydrogens (tertiary/aromatic N) is 3. The van der Waals surface area contributed by atoms with E-state index in [-0.39, 0.29) is 12.5 Å². The number of alkyl halides is 3. The summed E-state index contributed by atoms with van der Waals surface area (Å²) in [7, 11) is 0. The molecule has 2 amide bonds. The first-order valence-electron chi connectivity index (χ1n) is 6.93. The minimum absolute atomic E-state index is 0.124. The number of H-pyrrole nitrogens is 1. The number of halogens is 3. The molecule has 0 spiro atoms. The Morgan fingerprint density at radius 1 is 1.27 bits per heavy atom. The van der Waals surface area contributed by atoms with Gasteiger partial charge in [0.05, 0.1) is 6.54 Å². The SMILES string of the molecule is O=C(CN1CCCCCCC1=O)Nc1n[nH]c(C(F)(F)F)n1. The molecule has 0 aromatic carbocycles. The topological polar surface area (TPSA) is 91.0 Å². The zero-order valence-corrected chi connectivity index (χ0v) is 11.7. The molecule has 0 aliphatic carbocycles. The number of anilines is 1. The number of amides is 2. The molecule has 10 heteroatoms. The first-order chi connectivity index (χ1) is 10.4. The predicted molar refractivity (Wildman–Crippen MR) is 69.7 cm³/mol. The lowest BCUT2D eigenvalue weighted by molar-refractivity contribution is -0.144. The first kappa shape index (κ1) is 16.2. The number of aromatic nitrogens is 3. The molecule has 1 saturated heterocycles. The minimum Gasteiger partial charge on any atom is -0.333 e. The Hall–Kier alpha value is -2.13. The molecule has 1 aliphatic heterocycles. The Kier molecular flexibility index (Phi) is 4.99. The van der Waals surface area contributed by atoms with E-state index in [1.54, 1.807) is 5.10 Å². The molecule has 2 rings (SSSR count). The zero-order valence-electron chi connectivity index (χ0n) is 11.7. The van der Waals surface area contributed by atoms with E-state index >= 15 is 0 Å². The molecule has 22 heavy (non-hydrogen) atoms. The Morgan fingerprint density at radius 3 is 2.68 bits per heavy atom. The van der Waals surface area contributed by atoms with Gasteiger partial charge in [0, 0.05) is 13.0 Å². The van der Waals surface area contributed by atoms with Crippen LogP contribution in [0.15, 0.2) is 0 Å². The predicted octanol–water partition coefficient (Wildman–Crippen LogP) is 1.55. The van der Waals surface area contributed by atoms with Gasteiger partial charge in [-0.3, -0.25) is 20.0 Å². The van der Waals surface area contributed by atoms with Crippen molar-refractivity contribution in [3.05, 3.63) is 5.82 Å². The van der Waals surface area contributed by atoms with Gasteiger partial charge >= 0.3 is 6.18 Å². The second kappa shape index (κ2) is 6.75. The molecule has 1 aromatic heterocycles. The van der Waals surface area contributed by atoms with Crippen LogP contribution in [0.3, 0.4) is 0 Å². The quantitative estimate of drug-likeness (QED) is 0.884. The Labute approximate surface area is 124 Å². The van der Waals surface area contributed by atoms with Crippen molar-refractivity contribution < 1.29 is 22.8 Å². The van der Waals surface area contributed by atoms with Crippen molar-refractivity contribution in [2.75, 3.05) is 18.4 Å². The molecule has 2 heterocycles. The van der Waals surface area contributed by atoms with E-state index in [1.807, 2.05) is 0 Å². The summed E-state index contributed by atoms with van der Waals surface area (Å²) in [5, 5.41) is 7.13. The fourth-order valence-corrected chi connectivity index (χ4v) is 2.16. The van der Waals surface area contributed by atoms with E-state index in [1.165, 1.54) is 4.90 Å². The third kappa shape index (κ3) is 4.43. The molecular formula is C12H16F3N5O2. The molecule has 0 saturated carbocycles. The first-order valence-corrected chi connectivity index (χ1v) is 6.93. The van der Waals surface area contributed by atoms with Crippen LogP contribution in [-0.2, 0) is 15.8 Å². The monoisotopic (exact) mass is 319 g/mol. The summed E-state index contributed by atoms with van der Waals surface area (Å²) >= 11 is 0. The summed E-state index contributed by atoms with van der Waals surface area (Å²) < 4.78 is 37.0. The van der Waals surface area contributed by atoms with Crippen LogP contribution in [0.25, 0.3) is 0 Å². The van der Waals surface area contributed by atoms with Gasteiger partial charge in [0.15, 0.2) is 0 Å². The highest BCUT2D eigenvalue weighted by Crippen LogP contribution is 2.26. The average Bonchev–Trinajstić information content (AvgIpc) is 2.87. The molecule has 1 aromatic rings.